The monoisotopic (exact) mass is 440 g/mol. The number of nitrogens with one attached hydrogen (secondary N) is 2. The Hall–Kier alpha value is -3.06. The van der Waals surface area contributed by atoms with Gasteiger partial charge in [0.25, 0.3) is 11.5 Å². The number of aromatic nitrogens is 1. The molecule has 142 valence electrons. The quantitative estimate of drug-likeness (QED) is 0.650. The van der Waals surface area contributed by atoms with E-state index in [4.69, 9.17) is 9.47 Å². The molecule has 1 aliphatic heterocycles. The van der Waals surface area contributed by atoms with E-state index in [1.807, 2.05) is 42.5 Å². The lowest BCUT2D eigenvalue weighted by Gasteiger charge is -2.18. The maximum absolute atomic E-state index is 12.4. The van der Waals surface area contributed by atoms with E-state index in [1.165, 1.54) is 6.07 Å². The molecule has 0 radical (unpaired) electrons. The highest BCUT2D eigenvalue weighted by molar-refractivity contribution is 9.10. The molecule has 1 aromatic heterocycles. The predicted molar refractivity (Wildman–Crippen MR) is 109 cm³/mol. The van der Waals surface area contributed by atoms with Crippen molar-refractivity contribution in [1.29, 1.82) is 0 Å². The Balaban J connectivity index is 1.46. The van der Waals surface area contributed by atoms with Crippen molar-refractivity contribution in [3.8, 4) is 22.8 Å². The van der Waals surface area contributed by atoms with Crippen molar-refractivity contribution in [3.05, 3.63) is 80.6 Å². The Morgan fingerprint density at radius 3 is 2.50 bits per heavy atom. The standard InChI is InChI=1S/C21H17BrN2O4/c22-15-4-2-14(3-5-15)17-7-6-16(21(26)24-17)20(25)23-12-13-1-8-18-19(11-13)28-10-9-27-18/h1-8,11H,9-10,12H2,(H,23,25)(H,24,26). The van der Waals surface area contributed by atoms with Crippen LogP contribution in [0.25, 0.3) is 11.3 Å². The topological polar surface area (TPSA) is 80.4 Å². The third kappa shape index (κ3) is 3.94. The normalized spacial score (nSPS) is 12.5. The van der Waals surface area contributed by atoms with Gasteiger partial charge < -0.3 is 19.8 Å². The molecule has 1 aliphatic rings. The molecular weight excluding hydrogens is 424 g/mol. The Morgan fingerprint density at radius 2 is 1.75 bits per heavy atom. The Morgan fingerprint density at radius 1 is 1.00 bits per heavy atom. The van der Waals surface area contributed by atoms with Gasteiger partial charge in [-0.15, -0.1) is 0 Å². The molecule has 1 amide bonds. The summed E-state index contributed by atoms with van der Waals surface area (Å²) in [5.74, 6) is 0.925. The fourth-order valence-electron chi connectivity index (χ4n) is 2.93. The van der Waals surface area contributed by atoms with Crippen LogP contribution in [0.1, 0.15) is 15.9 Å². The number of carbonyl (C=O) groups is 1. The number of rotatable bonds is 4. The van der Waals surface area contributed by atoms with E-state index in [0.29, 0.717) is 30.4 Å². The number of carbonyl (C=O) groups excluding carboxylic acids is 1. The highest BCUT2D eigenvalue weighted by Crippen LogP contribution is 2.30. The maximum atomic E-state index is 12.4. The number of H-pyrrole nitrogens is 1. The van der Waals surface area contributed by atoms with Crippen molar-refractivity contribution in [3.63, 3.8) is 0 Å². The van der Waals surface area contributed by atoms with Crippen molar-refractivity contribution in [2.75, 3.05) is 13.2 Å². The second-order valence-electron chi connectivity index (χ2n) is 6.28. The minimum Gasteiger partial charge on any atom is -0.486 e. The van der Waals surface area contributed by atoms with E-state index in [-0.39, 0.29) is 12.1 Å². The molecule has 28 heavy (non-hydrogen) atoms. The molecule has 0 saturated carbocycles. The molecule has 7 heteroatoms. The van der Waals surface area contributed by atoms with Gasteiger partial charge in [-0.2, -0.15) is 0 Å². The molecule has 0 saturated heterocycles. The van der Waals surface area contributed by atoms with Crippen molar-refractivity contribution >= 4 is 21.8 Å². The van der Waals surface area contributed by atoms with Crippen LogP contribution in [0, 0.1) is 0 Å². The first-order chi connectivity index (χ1) is 13.6. The predicted octanol–water partition coefficient (Wildman–Crippen LogP) is 3.51. The summed E-state index contributed by atoms with van der Waals surface area (Å²) in [5, 5.41) is 2.77. The zero-order valence-corrected chi connectivity index (χ0v) is 16.4. The number of benzene rings is 2. The van der Waals surface area contributed by atoms with Gasteiger partial charge in [-0.3, -0.25) is 9.59 Å². The molecule has 0 bridgehead atoms. The van der Waals surface area contributed by atoms with Gasteiger partial charge in [0, 0.05) is 16.7 Å². The Bertz CT molecular complexity index is 1080. The van der Waals surface area contributed by atoms with Crippen molar-refractivity contribution in [2.24, 2.45) is 0 Å². The van der Waals surface area contributed by atoms with Crippen LogP contribution in [0.15, 0.2) is 63.9 Å². The first-order valence-corrected chi connectivity index (χ1v) is 9.55. The summed E-state index contributed by atoms with van der Waals surface area (Å²) in [6.45, 7) is 1.31. The maximum Gasteiger partial charge on any atom is 0.261 e. The summed E-state index contributed by atoms with van der Waals surface area (Å²) < 4.78 is 12.0. The average Bonchev–Trinajstić information content (AvgIpc) is 2.72. The van der Waals surface area contributed by atoms with E-state index < -0.39 is 11.5 Å². The van der Waals surface area contributed by atoms with Crippen LogP contribution in [-0.4, -0.2) is 24.1 Å². The van der Waals surface area contributed by atoms with Gasteiger partial charge in [0.15, 0.2) is 11.5 Å². The fraction of sp³-hybridized carbons (Fsp3) is 0.143. The SMILES string of the molecule is O=C(NCc1ccc2c(c1)OCCO2)c1ccc(-c2ccc(Br)cc2)[nH]c1=O. The summed E-state index contributed by atoms with van der Waals surface area (Å²) in [7, 11) is 0. The molecule has 0 spiro atoms. The molecule has 0 atom stereocenters. The Kier molecular flexibility index (Phi) is 5.16. The third-order valence-corrected chi connectivity index (χ3v) is 4.90. The van der Waals surface area contributed by atoms with Crippen LogP contribution < -0.4 is 20.3 Å². The summed E-state index contributed by atoms with van der Waals surface area (Å²) in [4.78, 5) is 27.6. The van der Waals surface area contributed by atoms with Crippen LogP contribution >= 0.6 is 15.9 Å². The van der Waals surface area contributed by atoms with Gasteiger partial charge in [-0.1, -0.05) is 34.1 Å². The molecule has 0 fully saturated rings. The number of ether oxygens (including phenoxy) is 2. The van der Waals surface area contributed by atoms with E-state index in [1.54, 1.807) is 6.07 Å². The van der Waals surface area contributed by atoms with Gasteiger partial charge in [-0.05, 0) is 47.5 Å². The number of amides is 1. The summed E-state index contributed by atoms with van der Waals surface area (Å²) in [5.41, 5.74) is 2.02. The largest absolute Gasteiger partial charge is 0.486 e. The van der Waals surface area contributed by atoms with E-state index in [2.05, 4.69) is 26.2 Å². The highest BCUT2D eigenvalue weighted by atomic mass is 79.9. The van der Waals surface area contributed by atoms with Crippen LogP contribution in [0.4, 0.5) is 0 Å². The summed E-state index contributed by atoms with van der Waals surface area (Å²) >= 11 is 3.38. The smallest absolute Gasteiger partial charge is 0.261 e. The van der Waals surface area contributed by atoms with Crippen LogP contribution in [0.3, 0.4) is 0 Å². The molecule has 6 nitrogen and oxygen atoms in total. The van der Waals surface area contributed by atoms with Crippen molar-refractivity contribution in [2.45, 2.75) is 6.54 Å². The molecular formula is C21H17BrN2O4. The van der Waals surface area contributed by atoms with Gasteiger partial charge >= 0.3 is 0 Å². The molecule has 0 aliphatic carbocycles. The first kappa shape index (κ1) is 18.3. The molecule has 0 unspecified atom stereocenters. The van der Waals surface area contributed by atoms with Crippen molar-refractivity contribution < 1.29 is 14.3 Å². The lowest BCUT2D eigenvalue weighted by Crippen LogP contribution is -2.29. The molecule has 3 aromatic rings. The van der Waals surface area contributed by atoms with Crippen molar-refractivity contribution in [1.82, 2.24) is 10.3 Å². The number of hydrogen-bond donors (Lipinski definition) is 2. The van der Waals surface area contributed by atoms with E-state index >= 15 is 0 Å². The van der Waals surface area contributed by atoms with E-state index in [9.17, 15) is 9.59 Å². The first-order valence-electron chi connectivity index (χ1n) is 8.76. The average molecular weight is 441 g/mol. The minimum absolute atomic E-state index is 0.0680. The van der Waals surface area contributed by atoms with Gasteiger partial charge in [-0.25, -0.2) is 0 Å². The van der Waals surface area contributed by atoms with Crippen LogP contribution in [-0.2, 0) is 6.54 Å². The lowest BCUT2D eigenvalue weighted by atomic mass is 10.1. The lowest BCUT2D eigenvalue weighted by molar-refractivity contribution is 0.0949. The summed E-state index contributed by atoms with van der Waals surface area (Å²) in [6.07, 6.45) is 0. The summed E-state index contributed by atoms with van der Waals surface area (Å²) in [6, 6.07) is 16.3. The molecule has 2 N–H and O–H groups in total. The molecule has 2 aromatic carbocycles. The number of hydrogen-bond acceptors (Lipinski definition) is 4. The van der Waals surface area contributed by atoms with Gasteiger partial charge in [0.2, 0.25) is 0 Å². The molecule has 4 rings (SSSR count). The number of aromatic amines is 1. The number of halogens is 1. The Labute approximate surface area is 169 Å². The second-order valence-corrected chi connectivity index (χ2v) is 7.20. The van der Waals surface area contributed by atoms with Gasteiger partial charge in [0.05, 0.1) is 0 Å². The van der Waals surface area contributed by atoms with E-state index in [0.717, 1.165) is 15.6 Å². The minimum atomic E-state index is -0.432. The zero-order valence-electron chi connectivity index (χ0n) is 14.8. The zero-order chi connectivity index (χ0) is 19.5. The number of pyridine rings is 1. The second kappa shape index (κ2) is 7.90. The number of fused-ring (bicyclic) bond motifs is 1. The molecule has 2 heterocycles. The highest BCUT2D eigenvalue weighted by Gasteiger charge is 2.14. The van der Waals surface area contributed by atoms with Crippen LogP contribution in [0.5, 0.6) is 11.5 Å². The van der Waals surface area contributed by atoms with Crippen LogP contribution in [0.2, 0.25) is 0 Å². The third-order valence-electron chi connectivity index (χ3n) is 4.37. The fourth-order valence-corrected chi connectivity index (χ4v) is 3.19. The van der Waals surface area contributed by atoms with Gasteiger partial charge in [0.1, 0.15) is 18.8 Å².